The lowest BCUT2D eigenvalue weighted by molar-refractivity contribution is -0.682. The van der Waals surface area contributed by atoms with Crippen LogP contribution in [0.4, 0.5) is 0 Å². The quantitative estimate of drug-likeness (QED) is 0.304. The first-order valence-electron chi connectivity index (χ1n) is 9.29. The van der Waals surface area contributed by atoms with Crippen molar-refractivity contribution in [2.75, 3.05) is 0 Å². The van der Waals surface area contributed by atoms with Crippen molar-refractivity contribution in [3.8, 4) is 0 Å². The van der Waals surface area contributed by atoms with Gasteiger partial charge < -0.3 is 21.4 Å². The lowest BCUT2D eigenvalue weighted by atomic mass is 10.0. The molecule has 5 heteroatoms. The van der Waals surface area contributed by atoms with Crippen molar-refractivity contribution in [2.24, 2.45) is 0 Å². The van der Waals surface area contributed by atoms with Crippen LogP contribution in [-0.2, 0) is 13.1 Å². The van der Waals surface area contributed by atoms with Gasteiger partial charge in [-0.3, -0.25) is 4.79 Å². The Balaban J connectivity index is 0.00000205. The lowest BCUT2D eigenvalue weighted by Crippen LogP contribution is -3.00. The minimum absolute atomic E-state index is 0. The molecular weight excluding hydrogens is 428 g/mol. The van der Waals surface area contributed by atoms with Gasteiger partial charge in [0.05, 0.1) is 0 Å². The summed E-state index contributed by atoms with van der Waals surface area (Å²) in [6, 6.07) is 24.0. The number of aromatic nitrogens is 2. The van der Waals surface area contributed by atoms with Crippen LogP contribution in [0.5, 0.6) is 0 Å². The molecule has 0 N–H and O–H groups in total. The van der Waals surface area contributed by atoms with E-state index in [0.29, 0.717) is 13.1 Å². The second kappa shape index (κ2) is 8.05. The van der Waals surface area contributed by atoms with Gasteiger partial charge in [0, 0.05) is 10.9 Å². The summed E-state index contributed by atoms with van der Waals surface area (Å²) < 4.78 is 9.80. The Morgan fingerprint density at radius 1 is 0.897 bits per heavy atom. The summed E-state index contributed by atoms with van der Waals surface area (Å²) in [5.41, 5.74) is 1.63. The number of halogens is 1. The van der Waals surface area contributed by atoms with Crippen molar-refractivity contribution < 1.29 is 30.8 Å². The summed E-state index contributed by atoms with van der Waals surface area (Å²) in [6.45, 7) is 0.942. The van der Waals surface area contributed by atoms with E-state index in [1.807, 2.05) is 88.5 Å². The molecule has 2 heterocycles. The molecule has 4 nitrogen and oxygen atoms in total. The van der Waals surface area contributed by atoms with Gasteiger partial charge in [0.25, 0.3) is 0 Å². The number of hydrogen-bond acceptors (Lipinski definition) is 2. The number of fused-ring (bicyclic) bond motifs is 2. The van der Waals surface area contributed by atoms with Gasteiger partial charge >= 0.3 is 0 Å². The van der Waals surface area contributed by atoms with Crippen LogP contribution in [0.25, 0.3) is 21.7 Å². The van der Waals surface area contributed by atoms with E-state index < -0.39 is 0 Å². The number of Topliss-reactive ketones (excluding diaryl/α,β-unsaturated/α-hetero) is 1. The number of hydrogen-bond donors (Lipinski definition) is 0. The van der Waals surface area contributed by atoms with Crippen LogP contribution in [0.15, 0.2) is 95.9 Å². The topological polar surface area (TPSA) is 39.0 Å². The van der Waals surface area contributed by atoms with Gasteiger partial charge in [-0.15, -0.1) is 0 Å². The van der Waals surface area contributed by atoms with Crippen LogP contribution >= 0.6 is 0 Å². The second-order valence-electron chi connectivity index (χ2n) is 6.99. The Morgan fingerprint density at radius 2 is 1.66 bits per heavy atom. The normalized spacial score (nSPS) is 10.9. The summed E-state index contributed by atoms with van der Waals surface area (Å²) in [5.74, 6) is 0.988. The molecule has 5 rings (SSSR count). The number of carbonyl (C=O) groups is 1. The van der Waals surface area contributed by atoms with Crippen molar-refractivity contribution in [3.05, 3.63) is 103 Å². The van der Waals surface area contributed by atoms with E-state index in [0.717, 1.165) is 33.1 Å². The predicted molar refractivity (Wildman–Crippen MR) is 108 cm³/mol. The zero-order valence-corrected chi connectivity index (χ0v) is 17.2. The predicted octanol–water partition coefficient (Wildman–Crippen LogP) is 1.61. The van der Waals surface area contributed by atoms with E-state index in [9.17, 15) is 4.79 Å². The molecule has 29 heavy (non-hydrogen) atoms. The van der Waals surface area contributed by atoms with E-state index in [1.165, 1.54) is 0 Å². The largest absolute Gasteiger partial charge is 1.00 e. The van der Waals surface area contributed by atoms with Crippen LogP contribution in [-0.4, -0.2) is 10.4 Å². The molecule has 5 aromatic rings. The van der Waals surface area contributed by atoms with Crippen LogP contribution in [0.2, 0.25) is 0 Å². The highest BCUT2D eigenvalue weighted by Crippen LogP contribution is 2.19. The fourth-order valence-electron chi connectivity index (χ4n) is 3.54. The molecule has 2 aromatic heterocycles. The average molecular weight is 447 g/mol. The fraction of sp³-hybridized carbons (Fsp3) is 0.0833. The van der Waals surface area contributed by atoms with Gasteiger partial charge in [0.1, 0.15) is 30.3 Å². The number of carbonyl (C=O) groups excluding carboxylic acids is 1. The zero-order valence-electron chi connectivity index (χ0n) is 15.7. The number of benzene rings is 3. The molecule has 0 bridgehead atoms. The summed E-state index contributed by atoms with van der Waals surface area (Å²) in [6.07, 6.45) is 5.81. The Bertz CT molecular complexity index is 1270. The third kappa shape index (κ3) is 4.00. The van der Waals surface area contributed by atoms with Crippen molar-refractivity contribution in [1.29, 1.82) is 0 Å². The molecule has 0 unspecified atom stereocenters. The minimum atomic E-state index is 0. The first-order chi connectivity index (χ1) is 13.7. The molecule has 0 fully saturated rings. The first kappa shape index (κ1) is 19.2. The molecule has 3 aromatic carbocycles. The molecule has 0 saturated carbocycles. The highest BCUT2D eigenvalue weighted by Gasteiger charge is 2.13. The second-order valence-corrected chi connectivity index (χ2v) is 6.99. The molecular formula is C24H19BrN2O2. The van der Waals surface area contributed by atoms with Gasteiger partial charge in [-0.25, -0.2) is 9.13 Å². The van der Waals surface area contributed by atoms with Crippen LogP contribution in [0.3, 0.4) is 0 Å². The molecule has 0 aliphatic rings. The standard InChI is InChI=1S/C24H19N2O2.BrH/c27-23(20-10-9-18-5-1-2-6-19(18)13-20)16-26-12-11-25(17-26)15-22-14-21-7-3-4-8-24(21)28-22;/h1-14,17H,15-16H2;1H/q+1;/p-1. The number of imidazole rings is 1. The first-order valence-corrected chi connectivity index (χ1v) is 9.29. The highest BCUT2D eigenvalue weighted by atomic mass is 79.9. The Hall–Kier alpha value is -3.18. The highest BCUT2D eigenvalue weighted by molar-refractivity contribution is 5.99. The molecule has 144 valence electrons. The van der Waals surface area contributed by atoms with Crippen LogP contribution < -0.4 is 21.5 Å². The maximum Gasteiger partial charge on any atom is 0.244 e. The molecule has 0 saturated heterocycles. The Morgan fingerprint density at radius 3 is 2.48 bits per heavy atom. The van der Waals surface area contributed by atoms with Crippen molar-refractivity contribution in [1.82, 2.24) is 4.57 Å². The van der Waals surface area contributed by atoms with Crippen molar-refractivity contribution >= 4 is 27.5 Å². The van der Waals surface area contributed by atoms with Crippen molar-refractivity contribution in [3.63, 3.8) is 0 Å². The molecule has 0 aliphatic heterocycles. The van der Waals surface area contributed by atoms with Gasteiger partial charge in [-0.1, -0.05) is 54.6 Å². The van der Waals surface area contributed by atoms with Crippen molar-refractivity contribution in [2.45, 2.75) is 13.1 Å². The van der Waals surface area contributed by atoms with E-state index in [1.54, 1.807) is 0 Å². The SMILES string of the molecule is O=C(C[n+]1ccn(Cc2cc3ccccc3o2)c1)c1ccc2ccccc2c1.[Br-]. The number of ketones is 1. The number of nitrogens with zero attached hydrogens (tertiary/aromatic N) is 2. The number of furan rings is 1. The summed E-state index contributed by atoms with van der Waals surface area (Å²) >= 11 is 0. The van der Waals surface area contributed by atoms with Gasteiger partial charge in [-0.05, 0) is 29.0 Å². The van der Waals surface area contributed by atoms with Gasteiger partial charge in [0.15, 0.2) is 6.54 Å². The van der Waals surface area contributed by atoms with Gasteiger partial charge in [-0.2, -0.15) is 0 Å². The summed E-state index contributed by atoms with van der Waals surface area (Å²) in [7, 11) is 0. The third-order valence-electron chi connectivity index (χ3n) is 4.96. The fourth-order valence-corrected chi connectivity index (χ4v) is 3.54. The number of para-hydroxylation sites is 1. The molecule has 0 radical (unpaired) electrons. The van der Waals surface area contributed by atoms with Crippen LogP contribution in [0, 0.1) is 0 Å². The Kier molecular flexibility index (Phi) is 5.32. The summed E-state index contributed by atoms with van der Waals surface area (Å²) in [5, 5.41) is 3.33. The summed E-state index contributed by atoms with van der Waals surface area (Å²) in [4.78, 5) is 12.7. The molecule has 0 atom stereocenters. The van der Waals surface area contributed by atoms with E-state index in [2.05, 4.69) is 12.1 Å². The van der Waals surface area contributed by atoms with E-state index in [-0.39, 0.29) is 22.8 Å². The van der Waals surface area contributed by atoms with Crippen LogP contribution in [0.1, 0.15) is 16.1 Å². The van der Waals surface area contributed by atoms with Gasteiger partial charge in [0.2, 0.25) is 12.1 Å². The number of rotatable bonds is 5. The molecule has 0 spiro atoms. The van der Waals surface area contributed by atoms with E-state index in [4.69, 9.17) is 4.42 Å². The third-order valence-corrected chi connectivity index (χ3v) is 4.96. The Labute approximate surface area is 178 Å². The molecule has 0 amide bonds. The zero-order chi connectivity index (χ0) is 18.9. The minimum Gasteiger partial charge on any atom is -1.00 e. The monoisotopic (exact) mass is 446 g/mol. The maximum atomic E-state index is 12.7. The average Bonchev–Trinajstić information content (AvgIpc) is 3.33. The smallest absolute Gasteiger partial charge is 0.244 e. The maximum absolute atomic E-state index is 12.7. The van der Waals surface area contributed by atoms with E-state index >= 15 is 0 Å². The molecule has 0 aliphatic carbocycles. The lowest BCUT2D eigenvalue weighted by Gasteiger charge is -2.02.